The summed E-state index contributed by atoms with van der Waals surface area (Å²) in [5.74, 6) is 0.742. The number of hydrogen-bond donors (Lipinski definition) is 1. The zero-order valence-electron chi connectivity index (χ0n) is 11.2. The van der Waals surface area contributed by atoms with E-state index in [2.05, 4.69) is 15.9 Å². The number of rotatable bonds is 6. The fourth-order valence-electron chi connectivity index (χ4n) is 1.60. The Balaban J connectivity index is 3.24. The van der Waals surface area contributed by atoms with Crippen LogP contribution in [0.4, 0.5) is 0 Å². The lowest BCUT2D eigenvalue weighted by atomic mass is 10.1. The maximum absolute atomic E-state index is 12.5. The topological polar surface area (TPSA) is 57.6 Å². The van der Waals surface area contributed by atoms with Crippen molar-refractivity contribution in [1.82, 2.24) is 4.31 Å². The molecule has 0 aromatic heterocycles. The number of hydrogen-bond acceptors (Lipinski definition) is 4. The molecule has 0 spiro atoms. The Morgan fingerprint density at radius 2 is 2.05 bits per heavy atom. The van der Waals surface area contributed by atoms with E-state index in [1.165, 1.54) is 10.4 Å². The highest BCUT2D eigenvalue weighted by molar-refractivity contribution is 9.10. The number of nitrogens with zero attached hydrogens (tertiary/aromatic N) is 1. The molecule has 108 valence electrons. The summed E-state index contributed by atoms with van der Waals surface area (Å²) in [5.41, 5.74) is 1.39. The highest BCUT2D eigenvalue weighted by Gasteiger charge is 2.24. The van der Waals surface area contributed by atoms with Crippen LogP contribution in [0, 0.1) is 6.92 Å². The molecule has 1 rings (SSSR count). The van der Waals surface area contributed by atoms with Crippen LogP contribution in [0.2, 0.25) is 0 Å². The summed E-state index contributed by atoms with van der Waals surface area (Å²) in [6, 6.07) is 3.28. The smallest absolute Gasteiger partial charge is 0.243 e. The van der Waals surface area contributed by atoms with Gasteiger partial charge in [0.25, 0.3) is 0 Å². The second-order valence-electron chi connectivity index (χ2n) is 4.20. The number of aliphatic hydroxyl groups excluding tert-OH is 1. The van der Waals surface area contributed by atoms with Crippen molar-refractivity contribution >= 4 is 37.7 Å². The van der Waals surface area contributed by atoms with Gasteiger partial charge in [-0.15, -0.1) is 0 Å². The van der Waals surface area contributed by atoms with E-state index in [9.17, 15) is 13.5 Å². The lowest BCUT2D eigenvalue weighted by Gasteiger charge is -2.19. The number of sulfonamides is 1. The van der Waals surface area contributed by atoms with Crippen molar-refractivity contribution in [2.45, 2.75) is 18.4 Å². The van der Waals surface area contributed by atoms with E-state index in [0.29, 0.717) is 16.6 Å². The zero-order chi connectivity index (χ0) is 14.6. The van der Waals surface area contributed by atoms with Gasteiger partial charge in [0.15, 0.2) is 0 Å². The molecule has 0 bridgehead atoms. The quantitative estimate of drug-likeness (QED) is 0.837. The average Bonchev–Trinajstić information content (AvgIpc) is 2.38. The molecule has 0 aliphatic rings. The van der Waals surface area contributed by atoms with Gasteiger partial charge in [-0.25, -0.2) is 12.7 Å². The number of aliphatic hydroxyl groups is 1. The molecule has 4 nitrogen and oxygen atoms in total. The highest BCUT2D eigenvalue weighted by Crippen LogP contribution is 2.29. The average molecular weight is 368 g/mol. The minimum absolute atomic E-state index is 0.175. The molecular formula is C12H18BrNO3S2. The Morgan fingerprint density at radius 3 is 2.58 bits per heavy atom. The van der Waals surface area contributed by atoms with Crippen LogP contribution in [-0.2, 0) is 16.6 Å². The maximum atomic E-state index is 12.5. The van der Waals surface area contributed by atoms with E-state index in [-0.39, 0.29) is 11.5 Å². The molecule has 0 heterocycles. The summed E-state index contributed by atoms with van der Waals surface area (Å²) in [7, 11) is -1.97. The van der Waals surface area contributed by atoms with Crippen LogP contribution < -0.4 is 0 Å². The molecule has 0 unspecified atom stereocenters. The molecule has 0 atom stereocenters. The van der Waals surface area contributed by atoms with E-state index in [1.807, 2.05) is 13.2 Å². The monoisotopic (exact) mass is 367 g/mol. The van der Waals surface area contributed by atoms with Crippen molar-refractivity contribution in [2.24, 2.45) is 0 Å². The fourth-order valence-corrected chi connectivity index (χ4v) is 4.37. The molecule has 1 N–H and O–H groups in total. The van der Waals surface area contributed by atoms with Crippen LogP contribution in [0.5, 0.6) is 0 Å². The van der Waals surface area contributed by atoms with E-state index < -0.39 is 10.0 Å². The van der Waals surface area contributed by atoms with Gasteiger partial charge >= 0.3 is 0 Å². The van der Waals surface area contributed by atoms with E-state index >= 15 is 0 Å². The van der Waals surface area contributed by atoms with E-state index in [4.69, 9.17) is 0 Å². The first kappa shape index (κ1) is 17.0. The Hall–Kier alpha value is -0.0800. The van der Waals surface area contributed by atoms with Crippen LogP contribution in [0.25, 0.3) is 0 Å². The molecule has 7 heteroatoms. The van der Waals surface area contributed by atoms with Crippen molar-refractivity contribution in [1.29, 1.82) is 0 Å². The van der Waals surface area contributed by atoms with Crippen molar-refractivity contribution in [3.8, 4) is 0 Å². The first-order chi connectivity index (χ1) is 8.84. The van der Waals surface area contributed by atoms with Crippen LogP contribution >= 0.6 is 27.7 Å². The predicted octanol–water partition coefficient (Wildman–Crippen LogP) is 2.23. The lowest BCUT2D eigenvalue weighted by Crippen LogP contribution is -2.29. The van der Waals surface area contributed by atoms with E-state index in [1.54, 1.807) is 24.9 Å². The van der Waals surface area contributed by atoms with Crippen molar-refractivity contribution in [3.63, 3.8) is 0 Å². The Labute approximate surface area is 127 Å². The normalized spacial score (nSPS) is 12.1. The van der Waals surface area contributed by atoms with Gasteiger partial charge in [0.05, 0.1) is 11.5 Å². The summed E-state index contributed by atoms with van der Waals surface area (Å²) < 4.78 is 26.9. The molecule has 0 aliphatic carbocycles. The molecule has 0 aliphatic heterocycles. The first-order valence-electron chi connectivity index (χ1n) is 5.69. The standard InChI is InChI=1S/C12H18BrNO3S2/c1-9-6-10(8-15)7-11(12(9)13)19(16,17)14(2)4-5-18-3/h6-7,15H,4-5,8H2,1-3H3. The Morgan fingerprint density at radius 1 is 1.42 bits per heavy atom. The van der Waals surface area contributed by atoms with Crippen molar-refractivity contribution in [3.05, 3.63) is 27.7 Å². The molecule has 19 heavy (non-hydrogen) atoms. The van der Waals surface area contributed by atoms with Gasteiger partial charge in [-0.2, -0.15) is 11.8 Å². The van der Waals surface area contributed by atoms with Crippen LogP contribution in [-0.4, -0.2) is 43.4 Å². The van der Waals surface area contributed by atoms with Gasteiger partial charge in [0.1, 0.15) is 0 Å². The van der Waals surface area contributed by atoms with Crippen molar-refractivity contribution in [2.75, 3.05) is 25.6 Å². The minimum Gasteiger partial charge on any atom is -0.392 e. The summed E-state index contributed by atoms with van der Waals surface area (Å²) in [6.07, 6.45) is 1.94. The van der Waals surface area contributed by atoms with Gasteiger partial charge < -0.3 is 5.11 Å². The zero-order valence-corrected chi connectivity index (χ0v) is 14.4. The van der Waals surface area contributed by atoms with Gasteiger partial charge in [-0.3, -0.25) is 0 Å². The third-order valence-electron chi connectivity index (χ3n) is 2.76. The Bertz CT molecular complexity index is 546. The highest BCUT2D eigenvalue weighted by atomic mass is 79.9. The molecule has 1 aromatic rings. The second kappa shape index (κ2) is 7.08. The van der Waals surface area contributed by atoms with Gasteiger partial charge in [0, 0.05) is 23.8 Å². The number of halogens is 1. The summed E-state index contributed by atoms with van der Waals surface area (Å²) >= 11 is 4.92. The number of benzene rings is 1. The van der Waals surface area contributed by atoms with Gasteiger partial charge in [-0.05, 0) is 46.3 Å². The van der Waals surface area contributed by atoms with Crippen LogP contribution in [0.1, 0.15) is 11.1 Å². The fraction of sp³-hybridized carbons (Fsp3) is 0.500. The van der Waals surface area contributed by atoms with Gasteiger partial charge in [0.2, 0.25) is 10.0 Å². The van der Waals surface area contributed by atoms with Crippen LogP contribution in [0.3, 0.4) is 0 Å². The maximum Gasteiger partial charge on any atom is 0.243 e. The first-order valence-corrected chi connectivity index (χ1v) is 9.32. The molecule has 0 saturated carbocycles. The summed E-state index contributed by atoms with van der Waals surface area (Å²) in [5, 5.41) is 9.20. The summed E-state index contributed by atoms with van der Waals surface area (Å²) in [6.45, 7) is 2.09. The molecule has 0 amide bonds. The van der Waals surface area contributed by atoms with Crippen molar-refractivity contribution < 1.29 is 13.5 Å². The second-order valence-corrected chi connectivity index (χ2v) is 7.99. The molecule has 0 radical (unpaired) electrons. The number of aryl methyl sites for hydroxylation is 1. The summed E-state index contributed by atoms with van der Waals surface area (Å²) in [4.78, 5) is 0.208. The molecular weight excluding hydrogens is 350 g/mol. The van der Waals surface area contributed by atoms with Crippen LogP contribution in [0.15, 0.2) is 21.5 Å². The van der Waals surface area contributed by atoms with E-state index in [0.717, 1.165) is 11.3 Å². The van der Waals surface area contributed by atoms with Gasteiger partial charge in [-0.1, -0.05) is 6.07 Å². The predicted molar refractivity (Wildman–Crippen MR) is 83.0 cm³/mol. The molecule has 0 fully saturated rings. The minimum atomic E-state index is -3.53. The largest absolute Gasteiger partial charge is 0.392 e. The Kier molecular flexibility index (Phi) is 6.32. The molecule has 0 saturated heterocycles. The third-order valence-corrected chi connectivity index (χ3v) is 6.55. The SMILES string of the molecule is CSCCN(C)S(=O)(=O)c1cc(CO)cc(C)c1Br. The third kappa shape index (κ3) is 3.95. The molecule has 1 aromatic carbocycles. The lowest BCUT2D eigenvalue weighted by molar-refractivity contribution is 0.281. The number of thioether (sulfide) groups is 1.